The molecule has 1 heterocycles. The fraction of sp³-hybridized carbons (Fsp3) is 0.471. The third-order valence-corrected chi connectivity index (χ3v) is 4.19. The smallest absolute Gasteiger partial charge is 0.202 e. The molecule has 1 saturated carbocycles. The maximum Gasteiger partial charge on any atom is 0.202 e. The highest BCUT2D eigenvalue weighted by Crippen LogP contribution is 2.39. The van der Waals surface area contributed by atoms with Crippen molar-refractivity contribution in [2.45, 2.75) is 44.9 Å². The molecular formula is C17H21NO. The van der Waals surface area contributed by atoms with Crippen LogP contribution in [0.5, 0.6) is 0 Å². The third-order valence-electron chi connectivity index (χ3n) is 4.19. The molecule has 0 amide bonds. The minimum atomic E-state index is 0.329. The summed E-state index contributed by atoms with van der Waals surface area (Å²) in [4.78, 5) is 4.50. The summed E-state index contributed by atoms with van der Waals surface area (Å²) in [5.41, 5.74) is 1.34. The van der Waals surface area contributed by atoms with Gasteiger partial charge in [-0.2, -0.15) is 0 Å². The normalized spacial score (nSPS) is 18.4. The molecule has 1 aliphatic carbocycles. The summed E-state index contributed by atoms with van der Waals surface area (Å²) in [6.45, 7) is 1.97. The van der Waals surface area contributed by atoms with Crippen LogP contribution in [0.2, 0.25) is 0 Å². The quantitative estimate of drug-likeness (QED) is 0.794. The average Bonchev–Trinajstić information content (AvgIpc) is 2.88. The molecule has 3 rings (SSSR count). The van der Waals surface area contributed by atoms with Crippen molar-refractivity contribution in [1.29, 1.82) is 0 Å². The SMILES string of the molecule is Cc1cnc(C(c2ccccc2)C2CCCCC2)o1. The number of aromatic nitrogens is 1. The summed E-state index contributed by atoms with van der Waals surface area (Å²) < 4.78 is 5.84. The van der Waals surface area contributed by atoms with Crippen molar-refractivity contribution >= 4 is 0 Å². The Balaban J connectivity index is 1.95. The van der Waals surface area contributed by atoms with Crippen LogP contribution in [-0.4, -0.2) is 4.98 Å². The Kier molecular flexibility index (Phi) is 3.67. The van der Waals surface area contributed by atoms with E-state index < -0.39 is 0 Å². The average molecular weight is 255 g/mol. The molecule has 1 aromatic heterocycles. The number of rotatable bonds is 3. The highest BCUT2D eigenvalue weighted by atomic mass is 16.4. The second kappa shape index (κ2) is 5.60. The van der Waals surface area contributed by atoms with Gasteiger partial charge in [-0.15, -0.1) is 0 Å². The lowest BCUT2D eigenvalue weighted by molar-refractivity contribution is 0.293. The van der Waals surface area contributed by atoms with Crippen molar-refractivity contribution in [3.63, 3.8) is 0 Å². The van der Waals surface area contributed by atoms with Crippen LogP contribution in [0.25, 0.3) is 0 Å². The first kappa shape index (κ1) is 12.5. The third kappa shape index (κ3) is 2.73. The van der Waals surface area contributed by atoms with Crippen molar-refractivity contribution in [3.05, 3.63) is 53.7 Å². The van der Waals surface area contributed by atoms with Crippen LogP contribution >= 0.6 is 0 Å². The van der Waals surface area contributed by atoms with E-state index in [1.54, 1.807) is 0 Å². The predicted molar refractivity (Wildman–Crippen MR) is 76.1 cm³/mol. The van der Waals surface area contributed by atoms with Gasteiger partial charge in [0.05, 0.1) is 12.1 Å². The van der Waals surface area contributed by atoms with E-state index in [2.05, 4.69) is 35.3 Å². The molecule has 0 aliphatic heterocycles. The largest absolute Gasteiger partial charge is 0.445 e. The minimum absolute atomic E-state index is 0.329. The second-order valence-electron chi connectivity index (χ2n) is 5.60. The number of hydrogen-bond donors (Lipinski definition) is 0. The number of hydrogen-bond acceptors (Lipinski definition) is 2. The summed E-state index contributed by atoms with van der Waals surface area (Å²) in [6.07, 6.45) is 8.49. The van der Waals surface area contributed by atoms with Gasteiger partial charge in [-0.05, 0) is 31.2 Å². The maximum atomic E-state index is 5.84. The van der Waals surface area contributed by atoms with Gasteiger partial charge in [0.25, 0.3) is 0 Å². The topological polar surface area (TPSA) is 26.0 Å². The molecule has 1 unspecified atom stereocenters. The zero-order valence-corrected chi connectivity index (χ0v) is 11.5. The first-order valence-corrected chi connectivity index (χ1v) is 7.32. The van der Waals surface area contributed by atoms with Gasteiger partial charge in [0, 0.05) is 0 Å². The molecule has 1 aliphatic rings. The molecule has 1 atom stereocenters. The molecular weight excluding hydrogens is 234 g/mol. The molecule has 2 nitrogen and oxygen atoms in total. The fourth-order valence-corrected chi connectivity index (χ4v) is 3.26. The molecule has 2 heteroatoms. The van der Waals surface area contributed by atoms with E-state index >= 15 is 0 Å². The fourth-order valence-electron chi connectivity index (χ4n) is 3.26. The standard InChI is InChI=1S/C17H21NO/c1-13-12-18-17(19-13)16(14-8-4-2-5-9-14)15-10-6-3-7-11-15/h2,4-5,8-9,12,15-16H,3,6-7,10-11H2,1H3. The van der Waals surface area contributed by atoms with Crippen LogP contribution < -0.4 is 0 Å². The molecule has 0 bridgehead atoms. The van der Waals surface area contributed by atoms with E-state index in [1.165, 1.54) is 37.7 Å². The Morgan fingerprint density at radius 1 is 1.11 bits per heavy atom. The van der Waals surface area contributed by atoms with Crippen LogP contribution in [0.3, 0.4) is 0 Å². The van der Waals surface area contributed by atoms with E-state index in [9.17, 15) is 0 Å². The molecule has 19 heavy (non-hydrogen) atoms. The van der Waals surface area contributed by atoms with E-state index in [0.717, 1.165) is 11.7 Å². The van der Waals surface area contributed by atoms with E-state index in [0.29, 0.717) is 11.8 Å². The number of nitrogens with zero attached hydrogens (tertiary/aromatic N) is 1. The van der Waals surface area contributed by atoms with Crippen LogP contribution in [0.15, 0.2) is 40.9 Å². The van der Waals surface area contributed by atoms with Gasteiger partial charge in [-0.3, -0.25) is 0 Å². The van der Waals surface area contributed by atoms with Gasteiger partial charge in [0.1, 0.15) is 5.76 Å². The van der Waals surface area contributed by atoms with Crippen molar-refractivity contribution < 1.29 is 4.42 Å². The molecule has 0 N–H and O–H groups in total. The van der Waals surface area contributed by atoms with Gasteiger partial charge in [-0.25, -0.2) is 4.98 Å². The summed E-state index contributed by atoms with van der Waals surface area (Å²) in [5, 5.41) is 0. The maximum absolute atomic E-state index is 5.84. The molecule has 2 aromatic rings. The first-order chi connectivity index (χ1) is 9.34. The van der Waals surface area contributed by atoms with Gasteiger partial charge < -0.3 is 4.42 Å². The van der Waals surface area contributed by atoms with Crippen molar-refractivity contribution in [1.82, 2.24) is 4.98 Å². The van der Waals surface area contributed by atoms with Gasteiger partial charge in [0.2, 0.25) is 5.89 Å². The van der Waals surface area contributed by atoms with Gasteiger partial charge in [-0.1, -0.05) is 49.6 Å². The minimum Gasteiger partial charge on any atom is -0.445 e. The number of oxazole rings is 1. The highest BCUT2D eigenvalue weighted by Gasteiger charge is 2.29. The molecule has 100 valence electrons. The highest BCUT2D eigenvalue weighted by molar-refractivity contribution is 5.26. The van der Waals surface area contributed by atoms with Crippen LogP contribution in [0.4, 0.5) is 0 Å². The number of aryl methyl sites for hydroxylation is 1. The van der Waals surface area contributed by atoms with Crippen molar-refractivity contribution in [3.8, 4) is 0 Å². The first-order valence-electron chi connectivity index (χ1n) is 7.32. The Bertz CT molecular complexity index is 511. The molecule has 0 spiro atoms. The van der Waals surface area contributed by atoms with E-state index in [-0.39, 0.29) is 0 Å². The van der Waals surface area contributed by atoms with Crippen LogP contribution in [-0.2, 0) is 0 Å². The van der Waals surface area contributed by atoms with Crippen LogP contribution in [0, 0.1) is 12.8 Å². The van der Waals surface area contributed by atoms with Gasteiger partial charge >= 0.3 is 0 Å². The molecule has 1 fully saturated rings. The summed E-state index contributed by atoms with van der Waals surface area (Å²) in [6, 6.07) is 10.7. The van der Waals surface area contributed by atoms with Crippen molar-refractivity contribution in [2.24, 2.45) is 5.92 Å². The summed E-state index contributed by atoms with van der Waals surface area (Å²) in [5.74, 6) is 2.81. The van der Waals surface area contributed by atoms with E-state index in [4.69, 9.17) is 4.42 Å². The lowest BCUT2D eigenvalue weighted by atomic mass is 9.77. The van der Waals surface area contributed by atoms with Crippen LogP contribution in [0.1, 0.15) is 55.2 Å². The van der Waals surface area contributed by atoms with Crippen molar-refractivity contribution in [2.75, 3.05) is 0 Å². The zero-order valence-electron chi connectivity index (χ0n) is 11.5. The lowest BCUT2D eigenvalue weighted by Gasteiger charge is -2.28. The summed E-state index contributed by atoms with van der Waals surface area (Å²) >= 11 is 0. The monoisotopic (exact) mass is 255 g/mol. The molecule has 0 radical (unpaired) electrons. The summed E-state index contributed by atoms with van der Waals surface area (Å²) in [7, 11) is 0. The van der Waals surface area contributed by atoms with E-state index in [1.807, 2.05) is 13.1 Å². The molecule has 1 aromatic carbocycles. The lowest BCUT2D eigenvalue weighted by Crippen LogP contribution is -2.17. The molecule has 0 saturated heterocycles. The Labute approximate surface area is 114 Å². The number of benzene rings is 1. The second-order valence-corrected chi connectivity index (χ2v) is 5.60. The predicted octanol–water partition coefficient (Wildman–Crippen LogP) is 4.70. The Hall–Kier alpha value is -1.57. The Morgan fingerprint density at radius 3 is 2.47 bits per heavy atom. The van der Waals surface area contributed by atoms with Gasteiger partial charge in [0.15, 0.2) is 0 Å². The zero-order chi connectivity index (χ0) is 13.1. The Morgan fingerprint density at radius 2 is 1.84 bits per heavy atom.